The lowest BCUT2D eigenvalue weighted by Gasteiger charge is -2.15. The Labute approximate surface area is 158 Å². The Kier molecular flexibility index (Phi) is 4.48. The fraction of sp³-hybridized carbons (Fsp3) is 0.250. The molecule has 9 heteroatoms. The average Bonchev–Trinajstić information content (AvgIpc) is 3.35. The van der Waals surface area contributed by atoms with Crippen molar-refractivity contribution in [2.45, 2.75) is 16.7 Å². The molecule has 3 heterocycles. The fourth-order valence-corrected chi connectivity index (χ4v) is 6.56. The third-order valence-electron chi connectivity index (χ3n) is 4.22. The molecule has 0 radical (unpaired) electrons. The van der Waals surface area contributed by atoms with Crippen molar-refractivity contribution in [1.29, 1.82) is 0 Å². The number of hydrogen-bond donors (Lipinski definition) is 0. The molecule has 1 saturated heterocycles. The minimum Gasteiger partial charge on any atom is -0.247 e. The summed E-state index contributed by atoms with van der Waals surface area (Å²) in [5.41, 5.74) is 1.80. The maximum Gasteiger partial charge on any atom is 0.252 e. The predicted molar refractivity (Wildman–Crippen MR) is 99.9 cm³/mol. The van der Waals surface area contributed by atoms with Crippen molar-refractivity contribution in [2.24, 2.45) is 0 Å². The summed E-state index contributed by atoms with van der Waals surface area (Å²) in [6, 6.07) is 13.2. The van der Waals surface area contributed by atoms with E-state index >= 15 is 0 Å². The highest BCUT2D eigenvalue weighted by atomic mass is 79.9. The van der Waals surface area contributed by atoms with Crippen molar-refractivity contribution in [2.75, 3.05) is 13.1 Å². The lowest BCUT2D eigenvalue weighted by atomic mass is 10.2. The van der Waals surface area contributed by atoms with Crippen LogP contribution in [0.25, 0.3) is 11.3 Å². The van der Waals surface area contributed by atoms with Gasteiger partial charge in [0.05, 0.1) is 16.0 Å². The van der Waals surface area contributed by atoms with E-state index in [2.05, 4.69) is 26.2 Å². The number of nitrogens with zero attached hydrogens (tertiary/aromatic N) is 4. The minimum absolute atomic E-state index is 0.00291. The summed E-state index contributed by atoms with van der Waals surface area (Å²) in [6.45, 7) is 0.901. The lowest BCUT2D eigenvalue weighted by molar-refractivity contribution is 0.429. The van der Waals surface area contributed by atoms with Crippen molar-refractivity contribution >= 4 is 37.3 Å². The van der Waals surface area contributed by atoms with Gasteiger partial charge in [-0.05, 0) is 34.5 Å². The van der Waals surface area contributed by atoms with Gasteiger partial charge >= 0.3 is 0 Å². The molecule has 3 aromatic rings. The Morgan fingerprint density at radius 2 is 1.96 bits per heavy atom. The molecule has 4 rings (SSSR count). The van der Waals surface area contributed by atoms with E-state index in [1.54, 1.807) is 16.8 Å². The molecular weight excluding hydrogens is 424 g/mol. The first kappa shape index (κ1) is 16.9. The van der Waals surface area contributed by atoms with Gasteiger partial charge in [0, 0.05) is 18.7 Å². The van der Waals surface area contributed by atoms with Crippen LogP contribution < -0.4 is 0 Å². The average molecular weight is 439 g/mol. The van der Waals surface area contributed by atoms with E-state index in [0.717, 1.165) is 21.5 Å². The number of benzene rings is 1. The molecule has 0 amide bonds. The zero-order valence-corrected chi connectivity index (χ0v) is 16.3. The van der Waals surface area contributed by atoms with Gasteiger partial charge in [-0.25, -0.2) is 13.1 Å². The van der Waals surface area contributed by atoms with E-state index in [1.165, 1.54) is 15.6 Å². The molecule has 0 bridgehead atoms. The molecular formula is C16H15BrN4O2S2. The van der Waals surface area contributed by atoms with Crippen LogP contribution in [0.15, 0.2) is 56.7 Å². The molecule has 6 nitrogen and oxygen atoms in total. The molecule has 0 aliphatic carbocycles. The molecule has 0 N–H and O–H groups in total. The fourth-order valence-electron chi connectivity index (χ4n) is 2.90. The first-order chi connectivity index (χ1) is 12.0. The van der Waals surface area contributed by atoms with E-state index in [4.69, 9.17) is 0 Å². The molecule has 1 aromatic carbocycles. The van der Waals surface area contributed by atoms with Gasteiger partial charge in [0.2, 0.25) is 0 Å². The Balaban J connectivity index is 1.52. The number of rotatable bonds is 4. The minimum atomic E-state index is -3.44. The monoisotopic (exact) mass is 438 g/mol. The summed E-state index contributed by atoms with van der Waals surface area (Å²) >= 11 is 4.55. The van der Waals surface area contributed by atoms with Crippen LogP contribution >= 0.6 is 27.3 Å². The maximum absolute atomic E-state index is 12.7. The summed E-state index contributed by atoms with van der Waals surface area (Å²) < 4.78 is 29.9. The zero-order chi connectivity index (χ0) is 17.4. The number of thiophene rings is 1. The van der Waals surface area contributed by atoms with Crippen LogP contribution in [0.3, 0.4) is 0 Å². The van der Waals surface area contributed by atoms with Gasteiger partial charge in [0.25, 0.3) is 10.0 Å². The summed E-state index contributed by atoms with van der Waals surface area (Å²) in [4.78, 5) is 0. The number of hydrogen-bond acceptors (Lipinski definition) is 5. The topological polar surface area (TPSA) is 68.1 Å². The first-order valence-electron chi connectivity index (χ1n) is 7.77. The molecule has 0 saturated carbocycles. The van der Waals surface area contributed by atoms with Crippen molar-refractivity contribution < 1.29 is 8.42 Å². The van der Waals surface area contributed by atoms with Crippen molar-refractivity contribution in [3.63, 3.8) is 0 Å². The highest BCUT2D eigenvalue weighted by Crippen LogP contribution is 2.32. The Bertz CT molecular complexity index is 985. The van der Waals surface area contributed by atoms with Crippen LogP contribution in [-0.4, -0.2) is 40.8 Å². The third-order valence-corrected chi connectivity index (χ3v) is 8.18. The molecule has 1 fully saturated rings. The number of sulfonamides is 1. The van der Waals surface area contributed by atoms with Gasteiger partial charge < -0.3 is 0 Å². The normalized spacial score (nSPS) is 18.7. The SMILES string of the molecule is O=S(=O)(c1ccc(Br)s1)N1CCC(n2cc(-c3ccccc3)nn2)C1. The van der Waals surface area contributed by atoms with Crippen LogP contribution in [-0.2, 0) is 10.0 Å². The number of halogens is 1. The van der Waals surface area contributed by atoms with Crippen LogP contribution in [0.4, 0.5) is 0 Å². The molecule has 1 aliphatic heterocycles. The highest BCUT2D eigenvalue weighted by molar-refractivity contribution is 9.11. The van der Waals surface area contributed by atoms with Crippen LogP contribution in [0.5, 0.6) is 0 Å². The Morgan fingerprint density at radius 3 is 2.68 bits per heavy atom. The molecule has 25 heavy (non-hydrogen) atoms. The summed E-state index contributed by atoms with van der Waals surface area (Å²) in [6.07, 6.45) is 2.61. The van der Waals surface area contributed by atoms with Gasteiger partial charge in [-0.1, -0.05) is 35.5 Å². The summed E-state index contributed by atoms with van der Waals surface area (Å²) in [5.74, 6) is 0. The molecule has 1 aliphatic rings. The quantitative estimate of drug-likeness (QED) is 0.625. The summed E-state index contributed by atoms with van der Waals surface area (Å²) in [7, 11) is -3.44. The van der Waals surface area contributed by atoms with Crippen LogP contribution in [0, 0.1) is 0 Å². The van der Waals surface area contributed by atoms with Gasteiger partial charge in [0.1, 0.15) is 9.90 Å². The zero-order valence-electron chi connectivity index (χ0n) is 13.1. The Morgan fingerprint density at radius 1 is 1.16 bits per heavy atom. The van der Waals surface area contributed by atoms with Gasteiger partial charge in [0.15, 0.2) is 0 Å². The number of aromatic nitrogens is 3. The lowest BCUT2D eigenvalue weighted by Crippen LogP contribution is -2.28. The van der Waals surface area contributed by atoms with Crippen LogP contribution in [0.2, 0.25) is 0 Å². The predicted octanol–water partition coefficient (Wildman–Crippen LogP) is 3.40. The second kappa shape index (κ2) is 6.64. The van der Waals surface area contributed by atoms with E-state index in [9.17, 15) is 8.42 Å². The van der Waals surface area contributed by atoms with E-state index in [1.807, 2.05) is 36.5 Å². The third kappa shape index (κ3) is 3.29. The summed E-state index contributed by atoms with van der Waals surface area (Å²) in [5, 5.41) is 8.43. The van der Waals surface area contributed by atoms with Gasteiger partial charge in [-0.15, -0.1) is 16.4 Å². The van der Waals surface area contributed by atoms with Crippen molar-refractivity contribution in [3.05, 3.63) is 52.4 Å². The van der Waals surface area contributed by atoms with E-state index in [0.29, 0.717) is 17.3 Å². The van der Waals surface area contributed by atoms with Gasteiger partial charge in [-0.2, -0.15) is 4.31 Å². The second-order valence-corrected chi connectivity index (χ2v) is 10.4. The molecule has 1 atom stereocenters. The highest BCUT2D eigenvalue weighted by Gasteiger charge is 2.34. The molecule has 2 aromatic heterocycles. The Hall–Kier alpha value is -1.55. The second-order valence-electron chi connectivity index (χ2n) is 5.81. The van der Waals surface area contributed by atoms with Crippen molar-refractivity contribution in [3.8, 4) is 11.3 Å². The van der Waals surface area contributed by atoms with Crippen molar-refractivity contribution in [1.82, 2.24) is 19.3 Å². The van der Waals surface area contributed by atoms with E-state index in [-0.39, 0.29) is 6.04 Å². The maximum atomic E-state index is 12.7. The first-order valence-corrected chi connectivity index (χ1v) is 10.8. The van der Waals surface area contributed by atoms with E-state index < -0.39 is 10.0 Å². The largest absolute Gasteiger partial charge is 0.252 e. The molecule has 130 valence electrons. The molecule has 0 spiro atoms. The standard InChI is InChI=1S/C16H15BrN4O2S2/c17-15-6-7-16(24-15)25(22,23)20-9-8-13(10-20)21-11-14(18-19-21)12-4-2-1-3-5-12/h1-7,11,13H,8-10H2. The molecule has 1 unspecified atom stereocenters. The van der Waals surface area contributed by atoms with Gasteiger partial charge in [-0.3, -0.25) is 0 Å². The smallest absolute Gasteiger partial charge is 0.247 e. The van der Waals surface area contributed by atoms with Crippen LogP contribution in [0.1, 0.15) is 12.5 Å².